The number of hydrogen-bond acceptors (Lipinski definition) is 4. The van der Waals surface area contributed by atoms with Gasteiger partial charge in [0, 0.05) is 18.2 Å². The van der Waals surface area contributed by atoms with Gasteiger partial charge in [0.25, 0.3) is 0 Å². The van der Waals surface area contributed by atoms with Crippen molar-refractivity contribution in [2.24, 2.45) is 0 Å². The molecule has 0 radical (unpaired) electrons. The molecule has 2 rings (SSSR count). The molecule has 1 atom stereocenters. The van der Waals surface area contributed by atoms with Gasteiger partial charge in [0.2, 0.25) is 0 Å². The average molecular weight is 248 g/mol. The molecular formula is C13H16N2OS. The predicted molar refractivity (Wildman–Crippen MR) is 71.3 cm³/mol. The first-order chi connectivity index (χ1) is 8.29. The highest BCUT2D eigenvalue weighted by atomic mass is 32.1. The molecule has 0 saturated carbocycles. The fourth-order valence-corrected chi connectivity index (χ4v) is 2.33. The van der Waals surface area contributed by atoms with Crippen LogP contribution in [0.4, 0.5) is 5.69 Å². The second-order valence-electron chi connectivity index (χ2n) is 3.91. The van der Waals surface area contributed by atoms with Crippen molar-refractivity contribution >= 4 is 17.0 Å². The summed E-state index contributed by atoms with van der Waals surface area (Å²) in [6, 6.07) is 8.47. The first-order valence-corrected chi connectivity index (χ1v) is 6.46. The number of thiazole rings is 1. The number of benzene rings is 1. The fourth-order valence-electron chi connectivity index (χ4n) is 1.68. The molecule has 1 aromatic heterocycles. The van der Waals surface area contributed by atoms with E-state index >= 15 is 0 Å². The number of ether oxygens (including phenoxy) is 1. The van der Waals surface area contributed by atoms with Gasteiger partial charge in [0.15, 0.2) is 0 Å². The molecule has 0 saturated heterocycles. The van der Waals surface area contributed by atoms with Crippen molar-refractivity contribution in [3.05, 3.63) is 46.4 Å². The number of nitrogens with zero attached hydrogens (tertiary/aromatic N) is 1. The van der Waals surface area contributed by atoms with E-state index in [1.54, 1.807) is 18.4 Å². The molecule has 3 nitrogen and oxygen atoms in total. The molecule has 0 aliphatic carbocycles. The normalized spacial score (nSPS) is 12.4. The summed E-state index contributed by atoms with van der Waals surface area (Å²) in [6.45, 7) is 2.75. The van der Waals surface area contributed by atoms with Gasteiger partial charge in [-0.25, -0.2) is 4.98 Å². The summed E-state index contributed by atoms with van der Waals surface area (Å²) in [5, 5.41) is 5.50. The molecule has 1 aromatic carbocycles. The van der Waals surface area contributed by atoms with Gasteiger partial charge in [0.1, 0.15) is 0 Å². The van der Waals surface area contributed by atoms with Crippen LogP contribution in [0.25, 0.3) is 0 Å². The van der Waals surface area contributed by atoms with Crippen molar-refractivity contribution in [3.63, 3.8) is 0 Å². The lowest BCUT2D eigenvalue weighted by molar-refractivity contribution is 0.185. The lowest BCUT2D eigenvalue weighted by atomic mass is 10.2. The second-order valence-corrected chi connectivity index (χ2v) is 4.63. The largest absolute Gasteiger partial charge is 0.380 e. The number of nitrogens with one attached hydrogen (secondary N) is 1. The summed E-state index contributed by atoms with van der Waals surface area (Å²) in [5.74, 6) is 0. The minimum atomic E-state index is 0.221. The molecule has 1 unspecified atom stereocenters. The van der Waals surface area contributed by atoms with Crippen LogP contribution in [0, 0.1) is 0 Å². The van der Waals surface area contributed by atoms with E-state index in [-0.39, 0.29) is 6.04 Å². The molecule has 0 spiro atoms. The van der Waals surface area contributed by atoms with E-state index in [9.17, 15) is 0 Å². The monoisotopic (exact) mass is 248 g/mol. The Labute approximate surface area is 105 Å². The maximum atomic E-state index is 5.12. The molecule has 90 valence electrons. The molecule has 0 aliphatic heterocycles. The van der Waals surface area contributed by atoms with Crippen molar-refractivity contribution in [3.8, 4) is 0 Å². The standard InChI is InChI=1S/C13H16N2OS/c1-10(13-8-17-9-14-13)15-12-5-3-4-11(6-12)7-16-2/h3-6,8-10,15H,7H2,1-2H3. The third kappa shape index (κ3) is 3.28. The Hall–Kier alpha value is -1.39. The molecular weight excluding hydrogens is 232 g/mol. The van der Waals surface area contributed by atoms with E-state index in [4.69, 9.17) is 4.74 Å². The maximum Gasteiger partial charge on any atom is 0.0795 e. The number of methoxy groups -OCH3 is 1. The molecule has 2 aromatic rings. The van der Waals surface area contributed by atoms with Gasteiger partial charge >= 0.3 is 0 Å². The Balaban J connectivity index is 2.05. The van der Waals surface area contributed by atoms with E-state index in [0.29, 0.717) is 6.61 Å². The van der Waals surface area contributed by atoms with Crippen LogP contribution in [0.15, 0.2) is 35.2 Å². The smallest absolute Gasteiger partial charge is 0.0795 e. The summed E-state index contributed by atoms with van der Waals surface area (Å²) >= 11 is 1.62. The minimum absolute atomic E-state index is 0.221. The van der Waals surface area contributed by atoms with Gasteiger partial charge in [0.05, 0.1) is 23.9 Å². The van der Waals surface area contributed by atoms with E-state index in [1.165, 1.54) is 5.56 Å². The predicted octanol–water partition coefficient (Wildman–Crippen LogP) is 3.46. The van der Waals surface area contributed by atoms with Crippen molar-refractivity contribution < 1.29 is 4.74 Å². The Morgan fingerprint density at radius 3 is 3.06 bits per heavy atom. The maximum absolute atomic E-state index is 5.12. The van der Waals surface area contributed by atoms with Crippen LogP contribution in [0.1, 0.15) is 24.2 Å². The van der Waals surface area contributed by atoms with Gasteiger partial charge < -0.3 is 10.1 Å². The van der Waals surface area contributed by atoms with Gasteiger partial charge in [-0.1, -0.05) is 12.1 Å². The highest BCUT2D eigenvalue weighted by molar-refractivity contribution is 7.07. The van der Waals surface area contributed by atoms with Crippen LogP contribution in [-0.2, 0) is 11.3 Å². The van der Waals surface area contributed by atoms with Gasteiger partial charge in [-0.05, 0) is 24.6 Å². The lowest BCUT2D eigenvalue weighted by Gasteiger charge is -2.13. The Morgan fingerprint density at radius 2 is 2.35 bits per heavy atom. The minimum Gasteiger partial charge on any atom is -0.380 e. The molecule has 1 heterocycles. The zero-order valence-corrected chi connectivity index (χ0v) is 10.8. The van der Waals surface area contributed by atoms with Crippen LogP contribution in [0.3, 0.4) is 0 Å². The zero-order valence-electron chi connectivity index (χ0n) is 10.0. The Kier molecular flexibility index (Phi) is 4.12. The van der Waals surface area contributed by atoms with E-state index in [1.807, 2.05) is 11.6 Å². The molecule has 0 amide bonds. The quantitative estimate of drug-likeness (QED) is 0.879. The van der Waals surface area contributed by atoms with Crippen LogP contribution < -0.4 is 5.32 Å². The highest BCUT2D eigenvalue weighted by Gasteiger charge is 2.07. The van der Waals surface area contributed by atoms with Crippen LogP contribution in [0.5, 0.6) is 0 Å². The molecule has 0 fully saturated rings. The molecule has 17 heavy (non-hydrogen) atoms. The topological polar surface area (TPSA) is 34.1 Å². The van der Waals surface area contributed by atoms with Crippen LogP contribution in [0.2, 0.25) is 0 Å². The summed E-state index contributed by atoms with van der Waals surface area (Å²) in [6.07, 6.45) is 0. The summed E-state index contributed by atoms with van der Waals surface area (Å²) < 4.78 is 5.12. The van der Waals surface area contributed by atoms with Crippen molar-refractivity contribution in [2.45, 2.75) is 19.6 Å². The zero-order chi connectivity index (χ0) is 12.1. The molecule has 0 bridgehead atoms. The van der Waals surface area contributed by atoms with Gasteiger partial charge in [-0.2, -0.15) is 0 Å². The van der Waals surface area contributed by atoms with Crippen LogP contribution >= 0.6 is 11.3 Å². The van der Waals surface area contributed by atoms with Crippen molar-refractivity contribution in [2.75, 3.05) is 12.4 Å². The molecule has 4 heteroatoms. The van der Waals surface area contributed by atoms with Crippen LogP contribution in [-0.4, -0.2) is 12.1 Å². The summed E-state index contributed by atoms with van der Waals surface area (Å²) in [7, 11) is 1.71. The fraction of sp³-hybridized carbons (Fsp3) is 0.308. The highest BCUT2D eigenvalue weighted by Crippen LogP contribution is 2.20. The summed E-state index contributed by atoms with van der Waals surface area (Å²) in [5.41, 5.74) is 5.20. The molecule has 1 N–H and O–H groups in total. The van der Waals surface area contributed by atoms with E-state index in [2.05, 4.69) is 40.8 Å². The number of rotatable bonds is 5. The number of aromatic nitrogens is 1. The van der Waals surface area contributed by atoms with E-state index < -0.39 is 0 Å². The van der Waals surface area contributed by atoms with Gasteiger partial charge in [-0.15, -0.1) is 11.3 Å². The SMILES string of the molecule is COCc1cccc(NC(C)c2cscn2)c1. The van der Waals surface area contributed by atoms with E-state index in [0.717, 1.165) is 11.4 Å². The third-order valence-electron chi connectivity index (χ3n) is 2.52. The van der Waals surface area contributed by atoms with Gasteiger partial charge in [-0.3, -0.25) is 0 Å². The Morgan fingerprint density at radius 1 is 1.47 bits per heavy atom. The number of anilines is 1. The molecule has 0 aliphatic rings. The summed E-state index contributed by atoms with van der Waals surface area (Å²) in [4.78, 5) is 4.30. The van der Waals surface area contributed by atoms with Crippen molar-refractivity contribution in [1.82, 2.24) is 4.98 Å². The average Bonchev–Trinajstić information content (AvgIpc) is 2.83. The third-order valence-corrected chi connectivity index (χ3v) is 3.12. The number of hydrogen-bond donors (Lipinski definition) is 1. The lowest BCUT2D eigenvalue weighted by Crippen LogP contribution is -2.07. The second kappa shape index (κ2) is 5.80. The Bertz CT molecular complexity index is 456. The van der Waals surface area contributed by atoms with Crippen molar-refractivity contribution in [1.29, 1.82) is 0 Å². The first-order valence-electron chi connectivity index (χ1n) is 5.52. The first kappa shape index (κ1) is 12.1.